The van der Waals surface area contributed by atoms with Crippen molar-refractivity contribution in [3.63, 3.8) is 0 Å². The minimum atomic E-state index is -0.481. The molecule has 2 aliphatic rings. The van der Waals surface area contributed by atoms with Crippen LogP contribution in [-0.4, -0.2) is 55.1 Å². The maximum atomic E-state index is 13.1. The lowest BCUT2D eigenvalue weighted by Crippen LogP contribution is -2.27. The van der Waals surface area contributed by atoms with Gasteiger partial charge in [-0.2, -0.15) is 0 Å². The number of carbonyl (C=O) groups is 1. The van der Waals surface area contributed by atoms with Crippen molar-refractivity contribution < 1.29 is 36.5 Å². The molecule has 0 saturated heterocycles. The summed E-state index contributed by atoms with van der Waals surface area (Å²) in [5, 5.41) is 11.2. The van der Waals surface area contributed by atoms with Crippen LogP contribution in [-0.2, 0) is 14.9 Å². The van der Waals surface area contributed by atoms with E-state index in [1.807, 2.05) is 66.7 Å². The highest BCUT2D eigenvalue weighted by atomic mass is 32.1. The maximum absolute atomic E-state index is 13.1. The number of aliphatic hydroxyl groups excluding tert-OH is 1. The fourth-order valence-electron chi connectivity index (χ4n) is 3.90. The summed E-state index contributed by atoms with van der Waals surface area (Å²) in [6, 6.07) is 21.7. The van der Waals surface area contributed by atoms with Gasteiger partial charge in [0, 0.05) is 18.6 Å². The molecule has 1 fully saturated rings. The first-order valence-electron chi connectivity index (χ1n) is 11.6. The minimum Gasteiger partial charge on any atom is -0.454 e. The van der Waals surface area contributed by atoms with Crippen molar-refractivity contribution in [3.8, 4) is 22.6 Å². The molecule has 37 heavy (non-hydrogen) atoms. The Morgan fingerprint density at radius 2 is 1.73 bits per heavy atom. The number of hydrogen-bond donors (Lipinski definition) is 4. The fraction of sp³-hybridized carbons (Fsp3) is 0.296. The number of rotatable bonds is 8. The zero-order valence-corrected chi connectivity index (χ0v) is 21.3. The van der Waals surface area contributed by atoms with Gasteiger partial charge in [0.1, 0.15) is 0 Å². The van der Waals surface area contributed by atoms with Crippen LogP contribution in [0.3, 0.4) is 0 Å². The van der Waals surface area contributed by atoms with Crippen LogP contribution in [0.15, 0.2) is 71.6 Å². The highest BCUT2D eigenvalue weighted by Crippen LogP contribution is 2.51. The van der Waals surface area contributed by atoms with E-state index in [-0.39, 0.29) is 31.7 Å². The highest BCUT2D eigenvalue weighted by molar-refractivity contribution is 7.80. The largest absolute Gasteiger partial charge is 0.454 e. The van der Waals surface area contributed by atoms with E-state index in [1.165, 1.54) is 0 Å². The summed E-state index contributed by atoms with van der Waals surface area (Å²) in [5.41, 5.74) is 8.50. The molecule has 1 aliphatic heterocycles. The number of thiol groups is 1. The molecule has 0 bridgehead atoms. The molecule has 1 amide bonds. The van der Waals surface area contributed by atoms with Crippen LogP contribution in [0.4, 0.5) is 5.69 Å². The molecule has 0 spiro atoms. The first-order valence-corrected chi connectivity index (χ1v) is 12.0. The van der Waals surface area contributed by atoms with E-state index < -0.39 is 5.41 Å². The number of anilines is 1. The number of nitrogens with one attached hydrogen (secondary N) is 1. The molecule has 5 rings (SSSR count). The van der Waals surface area contributed by atoms with Crippen LogP contribution in [0.5, 0.6) is 11.5 Å². The monoisotopic (exact) mass is 532 g/mol. The molecule has 0 unspecified atom stereocenters. The zero-order chi connectivity index (χ0) is 24.7. The Morgan fingerprint density at radius 1 is 1.00 bits per heavy atom. The normalized spacial score (nSPS) is 13.8. The molecule has 1 heterocycles. The molecule has 3 aromatic rings. The summed E-state index contributed by atoms with van der Waals surface area (Å²) in [7, 11) is 0. The number of amides is 1. The van der Waals surface area contributed by atoms with Gasteiger partial charge in [-0.3, -0.25) is 4.79 Å². The van der Waals surface area contributed by atoms with Gasteiger partial charge in [0.05, 0.1) is 25.2 Å². The van der Waals surface area contributed by atoms with Crippen LogP contribution >= 0.6 is 12.6 Å². The summed E-state index contributed by atoms with van der Waals surface area (Å²) in [6.07, 6.45) is 1.67. The molecule has 8 N–H and O–H groups in total. The third-order valence-corrected chi connectivity index (χ3v) is 6.23. The Morgan fingerprint density at radius 3 is 2.41 bits per heavy atom. The lowest BCUT2D eigenvalue weighted by molar-refractivity contribution is -0.118. The maximum Gasteiger partial charge on any atom is 0.235 e. The predicted octanol–water partition coefficient (Wildman–Crippen LogP) is 2.59. The summed E-state index contributed by atoms with van der Waals surface area (Å²) >= 11 is 4.33. The van der Waals surface area contributed by atoms with Gasteiger partial charge in [-0.25, -0.2) is 0 Å². The Hall–Kier alpha value is -3.12. The SMILES string of the molecule is NCCOCCO.O.O.O=C(Nc1cccc(-c2ccc(S)cc2)c1)C1(c2ccc3c(c2)OCO3)CC1.[HH]. The Kier molecular flexibility index (Phi) is 11.4. The van der Waals surface area contributed by atoms with Crippen LogP contribution in [0.25, 0.3) is 11.1 Å². The molecule has 1 aliphatic carbocycles. The van der Waals surface area contributed by atoms with E-state index in [0.717, 1.165) is 45.9 Å². The lowest BCUT2D eigenvalue weighted by atomic mass is 9.94. The molecular weight excluding hydrogens is 496 g/mol. The van der Waals surface area contributed by atoms with Crippen molar-refractivity contribution in [2.24, 2.45) is 5.73 Å². The molecule has 1 saturated carbocycles. The van der Waals surface area contributed by atoms with Gasteiger partial charge in [0.2, 0.25) is 12.7 Å². The molecule has 3 aromatic carbocycles. The quantitative estimate of drug-likeness (QED) is 0.257. The second-order valence-electron chi connectivity index (χ2n) is 8.36. The highest BCUT2D eigenvalue weighted by Gasteiger charge is 2.51. The first kappa shape index (κ1) is 30.1. The number of ether oxygens (including phenoxy) is 3. The average molecular weight is 533 g/mol. The molecule has 202 valence electrons. The Labute approximate surface area is 223 Å². The fourth-order valence-corrected chi connectivity index (χ4v) is 4.05. The van der Waals surface area contributed by atoms with Crippen LogP contribution in [0, 0.1) is 0 Å². The van der Waals surface area contributed by atoms with Crippen LogP contribution < -0.4 is 20.5 Å². The van der Waals surface area contributed by atoms with Crippen molar-refractivity contribution in [1.82, 2.24) is 0 Å². The molecular formula is C27H36N2O7S. The van der Waals surface area contributed by atoms with E-state index in [9.17, 15) is 4.79 Å². The second-order valence-corrected chi connectivity index (χ2v) is 8.87. The summed E-state index contributed by atoms with van der Waals surface area (Å²) in [6.45, 7) is 1.79. The molecule has 10 heteroatoms. The summed E-state index contributed by atoms with van der Waals surface area (Å²) < 4.78 is 15.6. The number of aliphatic hydroxyl groups is 1. The number of benzene rings is 3. The Bertz CT molecular complexity index is 1160. The van der Waals surface area contributed by atoms with Crippen molar-refractivity contribution in [2.75, 3.05) is 38.5 Å². The van der Waals surface area contributed by atoms with E-state index >= 15 is 0 Å². The molecule has 9 nitrogen and oxygen atoms in total. The summed E-state index contributed by atoms with van der Waals surface area (Å²) in [5.74, 6) is 1.47. The van der Waals surface area contributed by atoms with Crippen molar-refractivity contribution >= 4 is 24.2 Å². The van der Waals surface area contributed by atoms with Gasteiger partial charge in [-0.15, -0.1) is 12.6 Å². The van der Waals surface area contributed by atoms with Crippen molar-refractivity contribution in [1.29, 1.82) is 0 Å². The van der Waals surface area contributed by atoms with Gasteiger partial charge in [0.25, 0.3) is 0 Å². The second kappa shape index (κ2) is 14.0. The van der Waals surface area contributed by atoms with E-state index in [4.69, 9.17) is 25.1 Å². The van der Waals surface area contributed by atoms with Gasteiger partial charge >= 0.3 is 0 Å². The number of fused-ring (bicyclic) bond motifs is 1. The predicted molar refractivity (Wildman–Crippen MR) is 148 cm³/mol. The number of nitrogens with two attached hydrogens (primary N) is 1. The van der Waals surface area contributed by atoms with E-state index in [0.29, 0.717) is 25.5 Å². The van der Waals surface area contributed by atoms with Crippen LogP contribution in [0.1, 0.15) is 19.8 Å². The zero-order valence-electron chi connectivity index (χ0n) is 20.4. The molecule has 0 aromatic heterocycles. The number of carbonyl (C=O) groups excluding carboxylic acids is 1. The van der Waals surface area contributed by atoms with Gasteiger partial charge < -0.3 is 41.3 Å². The summed E-state index contributed by atoms with van der Waals surface area (Å²) in [4.78, 5) is 14.0. The van der Waals surface area contributed by atoms with Crippen molar-refractivity contribution in [3.05, 3.63) is 72.3 Å². The number of hydrogen-bond acceptors (Lipinski definition) is 7. The lowest BCUT2D eigenvalue weighted by Gasteiger charge is -2.17. The topological polar surface area (TPSA) is 166 Å². The third-order valence-electron chi connectivity index (χ3n) is 5.93. The van der Waals surface area contributed by atoms with E-state index in [1.54, 1.807) is 0 Å². The Balaban J connectivity index is 0.000000645. The molecule has 0 atom stereocenters. The van der Waals surface area contributed by atoms with Crippen molar-refractivity contribution in [2.45, 2.75) is 23.2 Å². The standard InChI is InChI=1S/C23H19NO3S.C4H11NO2.2H2O.H2/c25-22(23(10-11-23)17-6-9-20-21(13-17)27-14-26-20)24-18-3-1-2-16(12-18)15-4-7-19(28)8-5-15;5-1-3-7-4-2-6;;;/h1-9,12-13,28H,10-11,14H2,(H,24,25);6H,1-5H2;2*1H2;1H. The van der Waals surface area contributed by atoms with E-state index in [2.05, 4.69) is 17.9 Å². The van der Waals surface area contributed by atoms with Gasteiger partial charge in [0.15, 0.2) is 11.5 Å². The first-order chi connectivity index (χ1) is 17.1. The van der Waals surface area contributed by atoms with Gasteiger partial charge in [-0.05, 0) is 65.9 Å². The van der Waals surface area contributed by atoms with Crippen LogP contribution in [0.2, 0.25) is 0 Å². The smallest absolute Gasteiger partial charge is 0.235 e. The van der Waals surface area contributed by atoms with Gasteiger partial charge in [-0.1, -0.05) is 30.3 Å². The third kappa shape index (κ3) is 7.45. The minimum absolute atomic E-state index is 0. The average Bonchev–Trinajstić information content (AvgIpc) is 3.56. The molecule has 0 radical (unpaired) electrons.